The first-order valence-electron chi connectivity index (χ1n) is 8.58. The number of hydrogen-bond acceptors (Lipinski definition) is 3. The van der Waals surface area contributed by atoms with Crippen molar-refractivity contribution in [2.75, 3.05) is 13.1 Å². The lowest BCUT2D eigenvalue weighted by Crippen LogP contribution is -2.34. The zero-order valence-electron chi connectivity index (χ0n) is 14.7. The molecule has 4 N–H and O–H groups in total. The first-order chi connectivity index (χ1) is 12.2. The van der Waals surface area contributed by atoms with E-state index in [0.717, 1.165) is 18.4 Å². The standard InChI is InChI=1S/C20H25N3O2.ClH/c21-13-7-8-14-22-19(24)15-18(16-9-3-1-4-10-16)23-20(25)17-11-5-2-6-12-17;/h1-6,9-12,18H,7-8,13-15,21H2,(H,22,24)(H,23,25);1H. The normalized spacial score (nSPS) is 11.1. The summed E-state index contributed by atoms with van der Waals surface area (Å²) in [4.78, 5) is 24.7. The third kappa shape index (κ3) is 7.25. The van der Waals surface area contributed by atoms with Crippen LogP contribution in [0.25, 0.3) is 0 Å². The number of amides is 2. The molecule has 0 aliphatic rings. The molecule has 0 spiro atoms. The zero-order valence-corrected chi connectivity index (χ0v) is 15.5. The Morgan fingerprint density at radius 2 is 1.54 bits per heavy atom. The highest BCUT2D eigenvalue weighted by Gasteiger charge is 2.18. The molecule has 0 fully saturated rings. The second kappa shape index (κ2) is 12.1. The molecular weight excluding hydrogens is 350 g/mol. The van der Waals surface area contributed by atoms with Gasteiger partial charge in [-0.2, -0.15) is 0 Å². The van der Waals surface area contributed by atoms with Crippen LogP contribution in [0.1, 0.15) is 41.2 Å². The van der Waals surface area contributed by atoms with Crippen LogP contribution in [-0.2, 0) is 4.79 Å². The Hall–Kier alpha value is -2.37. The number of nitrogens with two attached hydrogens (primary N) is 1. The lowest BCUT2D eigenvalue weighted by atomic mass is 10.0. The topological polar surface area (TPSA) is 84.2 Å². The van der Waals surface area contributed by atoms with E-state index in [1.165, 1.54) is 0 Å². The maximum Gasteiger partial charge on any atom is 0.251 e. The van der Waals surface area contributed by atoms with Crippen LogP contribution in [-0.4, -0.2) is 24.9 Å². The number of halogens is 1. The Labute approximate surface area is 160 Å². The number of carbonyl (C=O) groups is 2. The first-order valence-corrected chi connectivity index (χ1v) is 8.58. The average Bonchev–Trinajstić information content (AvgIpc) is 2.66. The summed E-state index contributed by atoms with van der Waals surface area (Å²) in [6.07, 6.45) is 1.94. The van der Waals surface area contributed by atoms with E-state index in [0.29, 0.717) is 18.7 Å². The number of nitrogens with one attached hydrogen (secondary N) is 2. The molecule has 1 unspecified atom stereocenters. The molecule has 0 aliphatic carbocycles. The Kier molecular flexibility index (Phi) is 10.1. The van der Waals surface area contributed by atoms with Crippen molar-refractivity contribution in [1.29, 1.82) is 0 Å². The molecule has 2 amide bonds. The SMILES string of the molecule is Cl.NCCCCNC(=O)CC(NC(=O)c1ccccc1)c1ccccc1. The minimum atomic E-state index is -0.372. The number of unbranched alkanes of at least 4 members (excludes halogenated alkanes) is 1. The molecule has 0 saturated carbocycles. The number of benzene rings is 2. The summed E-state index contributed by atoms with van der Waals surface area (Å²) < 4.78 is 0. The van der Waals surface area contributed by atoms with Crippen LogP contribution >= 0.6 is 12.4 Å². The molecule has 0 aromatic heterocycles. The molecule has 2 aromatic carbocycles. The number of carbonyl (C=O) groups excluding carboxylic acids is 2. The van der Waals surface area contributed by atoms with Crippen molar-refractivity contribution in [3.05, 3.63) is 71.8 Å². The fourth-order valence-corrected chi connectivity index (χ4v) is 2.52. The molecule has 0 saturated heterocycles. The van der Waals surface area contributed by atoms with Gasteiger partial charge in [-0.05, 0) is 37.1 Å². The van der Waals surface area contributed by atoms with Gasteiger partial charge in [0.15, 0.2) is 0 Å². The molecule has 0 heterocycles. The molecule has 2 rings (SSSR count). The van der Waals surface area contributed by atoms with E-state index < -0.39 is 0 Å². The van der Waals surface area contributed by atoms with Crippen molar-refractivity contribution in [3.63, 3.8) is 0 Å². The highest BCUT2D eigenvalue weighted by atomic mass is 35.5. The second-order valence-corrected chi connectivity index (χ2v) is 5.85. The largest absolute Gasteiger partial charge is 0.356 e. The van der Waals surface area contributed by atoms with E-state index in [-0.39, 0.29) is 36.7 Å². The first kappa shape index (κ1) is 21.7. The lowest BCUT2D eigenvalue weighted by molar-refractivity contribution is -0.121. The molecule has 5 nitrogen and oxygen atoms in total. The van der Waals surface area contributed by atoms with Crippen LogP contribution in [0.3, 0.4) is 0 Å². The van der Waals surface area contributed by atoms with Gasteiger partial charge in [-0.1, -0.05) is 48.5 Å². The summed E-state index contributed by atoms with van der Waals surface area (Å²) in [5.74, 6) is -0.273. The van der Waals surface area contributed by atoms with E-state index in [1.54, 1.807) is 12.1 Å². The molecule has 0 radical (unpaired) electrons. The van der Waals surface area contributed by atoms with Crippen molar-refractivity contribution in [3.8, 4) is 0 Å². The van der Waals surface area contributed by atoms with E-state index in [2.05, 4.69) is 10.6 Å². The van der Waals surface area contributed by atoms with E-state index in [1.807, 2.05) is 48.5 Å². The third-order valence-electron chi connectivity index (χ3n) is 3.89. The van der Waals surface area contributed by atoms with Gasteiger partial charge in [-0.15, -0.1) is 12.4 Å². The van der Waals surface area contributed by atoms with Crippen LogP contribution in [0, 0.1) is 0 Å². The summed E-state index contributed by atoms with van der Waals surface area (Å²) in [5.41, 5.74) is 6.93. The summed E-state index contributed by atoms with van der Waals surface area (Å²) >= 11 is 0. The van der Waals surface area contributed by atoms with Crippen LogP contribution < -0.4 is 16.4 Å². The van der Waals surface area contributed by atoms with Gasteiger partial charge in [0.05, 0.1) is 12.5 Å². The van der Waals surface area contributed by atoms with E-state index in [4.69, 9.17) is 5.73 Å². The highest BCUT2D eigenvalue weighted by molar-refractivity contribution is 5.94. The Balaban J connectivity index is 0.00000338. The Morgan fingerprint density at radius 3 is 2.15 bits per heavy atom. The fraction of sp³-hybridized carbons (Fsp3) is 0.300. The molecule has 140 valence electrons. The van der Waals surface area contributed by atoms with Crippen LogP contribution in [0.15, 0.2) is 60.7 Å². The van der Waals surface area contributed by atoms with Crippen LogP contribution in [0.4, 0.5) is 0 Å². The van der Waals surface area contributed by atoms with Crippen LogP contribution in [0.2, 0.25) is 0 Å². The van der Waals surface area contributed by atoms with Gasteiger partial charge in [0, 0.05) is 12.1 Å². The third-order valence-corrected chi connectivity index (χ3v) is 3.89. The summed E-state index contributed by atoms with van der Waals surface area (Å²) in [6, 6.07) is 18.2. The smallest absolute Gasteiger partial charge is 0.251 e. The van der Waals surface area contributed by atoms with Crippen molar-refractivity contribution in [2.45, 2.75) is 25.3 Å². The van der Waals surface area contributed by atoms with Crippen molar-refractivity contribution in [1.82, 2.24) is 10.6 Å². The van der Waals surface area contributed by atoms with Crippen molar-refractivity contribution in [2.24, 2.45) is 5.73 Å². The van der Waals surface area contributed by atoms with Gasteiger partial charge in [0.2, 0.25) is 5.91 Å². The van der Waals surface area contributed by atoms with Gasteiger partial charge in [-0.3, -0.25) is 9.59 Å². The predicted molar refractivity (Wildman–Crippen MR) is 106 cm³/mol. The molecular formula is C20H26ClN3O2. The fourth-order valence-electron chi connectivity index (χ4n) is 2.52. The summed E-state index contributed by atoms with van der Waals surface area (Å²) in [5, 5.41) is 5.85. The monoisotopic (exact) mass is 375 g/mol. The van der Waals surface area contributed by atoms with Crippen LogP contribution in [0.5, 0.6) is 0 Å². The average molecular weight is 376 g/mol. The van der Waals surface area contributed by atoms with Crippen molar-refractivity contribution >= 4 is 24.2 Å². The lowest BCUT2D eigenvalue weighted by Gasteiger charge is -2.19. The van der Waals surface area contributed by atoms with E-state index >= 15 is 0 Å². The van der Waals surface area contributed by atoms with Gasteiger partial charge in [0.25, 0.3) is 5.91 Å². The minimum absolute atomic E-state index is 0. The molecule has 2 aromatic rings. The molecule has 1 atom stereocenters. The predicted octanol–water partition coefficient (Wildman–Crippen LogP) is 2.82. The second-order valence-electron chi connectivity index (χ2n) is 5.85. The van der Waals surface area contributed by atoms with Gasteiger partial charge in [0.1, 0.15) is 0 Å². The molecule has 0 aliphatic heterocycles. The zero-order chi connectivity index (χ0) is 17.9. The van der Waals surface area contributed by atoms with Gasteiger partial charge < -0.3 is 16.4 Å². The number of rotatable bonds is 9. The summed E-state index contributed by atoms with van der Waals surface area (Å²) in [7, 11) is 0. The quantitative estimate of drug-likeness (QED) is 0.589. The highest BCUT2D eigenvalue weighted by Crippen LogP contribution is 2.17. The van der Waals surface area contributed by atoms with E-state index in [9.17, 15) is 9.59 Å². The Morgan fingerprint density at radius 1 is 0.923 bits per heavy atom. The maximum absolute atomic E-state index is 12.5. The van der Waals surface area contributed by atoms with Gasteiger partial charge >= 0.3 is 0 Å². The minimum Gasteiger partial charge on any atom is -0.356 e. The Bertz CT molecular complexity index is 665. The summed E-state index contributed by atoms with van der Waals surface area (Å²) in [6.45, 7) is 1.22. The maximum atomic E-state index is 12.5. The van der Waals surface area contributed by atoms with Crippen molar-refractivity contribution < 1.29 is 9.59 Å². The molecule has 26 heavy (non-hydrogen) atoms. The molecule has 6 heteroatoms. The molecule has 0 bridgehead atoms. The number of hydrogen-bond donors (Lipinski definition) is 3. The van der Waals surface area contributed by atoms with Gasteiger partial charge in [-0.25, -0.2) is 0 Å².